The zero-order valence-corrected chi connectivity index (χ0v) is 33.1. The van der Waals surface area contributed by atoms with Gasteiger partial charge in [-0.1, -0.05) is 171 Å². The molecule has 7 aromatic carbocycles. The molecular weight excluding hydrogens is 737 g/mol. The number of para-hydroxylation sites is 2. The summed E-state index contributed by atoms with van der Waals surface area (Å²) in [6.45, 7) is 8.35. The van der Waals surface area contributed by atoms with E-state index in [4.69, 9.17) is 9.97 Å². The highest BCUT2D eigenvalue weighted by Crippen LogP contribution is 2.53. The Hall–Kier alpha value is -7.21. The van der Waals surface area contributed by atoms with Gasteiger partial charge in [-0.15, -0.1) is 0 Å². The van der Waals surface area contributed by atoms with E-state index in [-0.39, 0.29) is 12.0 Å². The molecule has 3 heterocycles. The molecule has 5 heteroatoms. The number of hydrogen-bond donors (Lipinski definition) is 0. The quantitative estimate of drug-likeness (QED) is 0.161. The highest BCUT2D eigenvalue weighted by Gasteiger charge is 2.41. The molecule has 2 unspecified atom stereocenters. The van der Waals surface area contributed by atoms with E-state index >= 15 is 0 Å². The molecule has 0 spiro atoms. The first kappa shape index (κ1) is 35.0. The molecule has 0 bridgehead atoms. The van der Waals surface area contributed by atoms with Crippen molar-refractivity contribution < 1.29 is 0 Å². The Balaban J connectivity index is 1.04. The maximum absolute atomic E-state index is 5.48. The minimum atomic E-state index is -0.0183. The second kappa shape index (κ2) is 14.3. The monoisotopic (exact) mass is 774 g/mol. The number of nitrogens with zero attached hydrogens (tertiary/aromatic N) is 4. The predicted molar refractivity (Wildman–Crippen MR) is 248 cm³/mol. The largest absolute Gasteiger partial charge is 0.308 e. The minimum Gasteiger partial charge on any atom is -0.308 e. The summed E-state index contributed by atoms with van der Waals surface area (Å²) in [6, 6.07) is 58.2. The molecule has 0 radical (unpaired) electrons. The summed E-state index contributed by atoms with van der Waals surface area (Å²) in [4.78, 5) is 17.7. The van der Waals surface area contributed by atoms with Crippen molar-refractivity contribution in [3.8, 4) is 22.4 Å². The van der Waals surface area contributed by atoms with Gasteiger partial charge in [0, 0.05) is 38.0 Å². The fourth-order valence-corrected chi connectivity index (χ4v) is 10.1. The van der Waals surface area contributed by atoms with Crippen molar-refractivity contribution in [1.29, 1.82) is 0 Å². The standard InChI is InChI=1S/C54H38N4S/c1-3-46-50(4-2)59-51-34-39(28-30-48(51)57(46)41-21-9-6-10-22-41)38-27-29-47-44(33-38)52-42-23-12-11-18-36(42)26-31-49(52)58(47)54-55-45-25-14-13-24-43(45)53(56-54)40-20-15-19-37(32-40)35-16-7-5-8-17-35/h3-34,44,47H,1-2H2. The Kier molecular flexibility index (Phi) is 8.49. The van der Waals surface area contributed by atoms with Crippen LogP contribution >= 0.6 is 11.8 Å². The minimum absolute atomic E-state index is 0.0183. The Morgan fingerprint density at radius 1 is 0.593 bits per heavy atom. The highest BCUT2D eigenvalue weighted by molar-refractivity contribution is 8.03. The number of allylic oxidation sites excluding steroid dienone is 4. The van der Waals surface area contributed by atoms with Crippen molar-refractivity contribution in [2.24, 2.45) is 0 Å². The number of anilines is 4. The van der Waals surface area contributed by atoms with E-state index in [0.29, 0.717) is 5.95 Å². The van der Waals surface area contributed by atoms with Gasteiger partial charge in [-0.05, 0) is 87.1 Å². The first-order valence-electron chi connectivity index (χ1n) is 20.0. The van der Waals surface area contributed by atoms with Gasteiger partial charge in [-0.25, -0.2) is 9.97 Å². The molecule has 1 aromatic heterocycles. The molecular formula is C54H38N4S. The first-order chi connectivity index (χ1) is 29.2. The fourth-order valence-electron chi connectivity index (χ4n) is 9.04. The van der Waals surface area contributed by atoms with E-state index in [0.717, 1.165) is 55.4 Å². The lowest BCUT2D eigenvalue weighted by molar-refractivity contribution is 0.736. The number of aromatic nitrogens is 2. The van der Waals surface area contributed by atoms with Crippen LogP contribution in [-0.2, 0) is 0 Å². The van der Waals surface area contributed by atoms with Gasteiger partial charge in [0.2, 0.25) is 5.95 Å². The number of rotatable bonds is 7. The smallest absolute Gasteiger partial charge is 0.231 e. The van der Waals surface area contributed by atoms with E-state index in [1.165, 1.54) is 37.9 Å². The van der Waals surface area contributed by atoms with Crippen molar-refractivity contribution in [1.82, 2.24) is 9.97 Å². The van der Waals surface area contributed by atoms with Gasteiger partial charge in [-0.3, -0.25) is 0 Å². The van der Waals surface area contributed by atoms with Crippen LogP contribution in [0.1, 0.15) is 17.0 Å². The predicted octanol–water partition coefficient (Wildman–Crippen LogP) is 14.2. The van der Waals surface area contributed by atoms with Crippen LogP contribution in [0.4, 0.5) is 23.0 Å². The van der Waals surface area contributed by atoms with Gasteiger partial charge in [0.05, 0.1) is 28.6 Å². The molecule has 0 saturated carbocycles. The summed E-state index contributed by atoms with van der Waals surface area (Å²) >= 11 is 1.75. The van der Waals surface area contributed by atoms with Crippen molar-refractivity contribution in [2.45, 2.75) is 16.9 Å². The Labute approximate surface area is 348 Å². The SMILES string of the molecule is C=CC1=C(C=C)N(c2ccccc2)c2ccc(C3=CC4c5c(ccc6ccccc56)N(c5nc(-c6cccc(-c7ccccc7)c6)c6ccccc6n5)C4C=C3)cc2S1. The highest BCUT2D eigenvalue weighted by atomic mass is 32.2. The Morgan fingerprint density at radius 2 is 1.32 bits per heavy atom. The topological polar surface area (TPSA) is 32.3 Å². The number of hydrogen-bond acceptors (Lipinski definition) is 5. The first-order valence-corrected chi connectivity index (χ1v) is 20.8. The molecule has 0 amide bonds. The lowest BCUT2D eigenvalue weighted by atomic mass is 9.84. The van der Waals surface area contributed by atoms with Crippen LogP contribution < -0.4 is 9.80 Å². The third kappa shape index (κ3) is 5.85. The maximum Gasteiger partial charge on any atom is 0.231 e. The van der Waals surface area contributed by atoms with Gasteiger partial charge < -0.3 is 9.80 Å². The third-order valence-electron chi connectivity index (χ3n) is 11.7. The summed E-state index contributed by atoms with van der Waals surface area (Å²) in [6.07, 6.45) is 11.0. The molecule has 1 aliphatic carbocycles. The summed E-state index contributed by atoms with van der Waals surface area (Å²) in [7, 11) is 0. The van der Waals surface area contributed by atoms with Crippen LogP contribution in [0, 0.1) is 0 Å². The molecule has 3 aliphatic rings. The molecule has 280 valence electrons. The molecule has 59 heavy (non-hydrogen) atoms. The van der Waals surface area contributed by atoms with Gasteiger partial charge in [0.15, 0.2) is 0 Å². The normalized spacial score (nSPS) is 16.8. The van der Waals surface area contributed by atoms with Crippen molar-refractivity contribution in [2.75, 3.05) is 9.80 Å². The zero-order valence-electron chi connectivity index (χ0n) is 32.2. The van der Waals surface area contributed by atoms with Crippen LogP contribution in [0.25, 0.3) is 49.6 Å². The molecule has 0 fully saturated rings. The van der Waals surface area contributed by atoms with Gasteiger partial charge in [0.25, 0.3) is 0 Å². The number of fused-ring (bicyclic) bond motifs is 7. The van der Waals surface area contributed by atoms with E-state index in [1.807, 2.05) is 12.2 Å². The van der Waals surface area contributed by atoms with Crippen molar-refractivity contribution in [3.05, 3.63) is 229 Å². The molecule has 2 atom stereocenters. The fraction of sp³-hybridized carbons (Fsp3) is 0.0370. The second-order valence-electron chi connectivity index (χ2n) is 15.0. The van der Waals surface area contributed by atoms with E-state index in [2.05, 4.69) is 205 Å². The number of thioether (sulfide) groups is 1. The van der Waals surface area contributed by atoms with Gasteiger partial charge in [0.1, 0.15) is 0 Å². The van der Waals surface area contributed by atoms with Crippen molar-refractivity contribution in [3.63, 3.8) is 0 Å². The van der Waals surface area contributed by atoms with Crippen LogP contribution in [0.15, 0.2) is 223 Å². The summed E-state index contributed by atoms with van der Waals surface area (Å²) in [5, 5.41) is 3.51. The summed E-state index contributed by atoms with van der Waals surface area (Å²) < 4.78 is 0. The summed E-state index contributed by atoms with van der Waals surface area (Å²) in [5.41, 5.74) is 13.3. The Morgan fingerprint density at radius 3 is 2.15 bits per heavy atom. The molecule has 0 saturated heterocycles. The van der Waals surface area contributed by atoms with Crippen LogP contribution in [-0.4, -0.2) is 16.0 Å². The molecule has 11 rings (SSSR count). The molecule has 8 aromatic rings. The van der Waals surface area contributed by atoms with Crippen LogP contribution in [0.3, 0.4) is 0 Å². The Bertz CT molecular complexity index is 3090. The molecule has 2 aliphatic heterocycles. The summed E-state index contributed by atoms with van der Waals surface area (Å²) in [5.74, 6) is 0.763. The lowest BCUT2D eigenvalue weighted by Gasteiger charge is -2.33. The zero-order chi connectivity index (χ0) is 39.5. The van der Waals surface area contributed by atoms with Gasteiger partial charge >= 0.3 is 0 Å². The van der Waals surface area contributed by atoms with Crippen molar-refractivity contribution >= 4 is 62.0 Å². The van der Waals surface area contributed by atoms with Gasteiger partial charge in [-0.2, -0.15) is 0 Å². The van der Waals surface area contributed by atoms with E-state index < -0.39 is 0 Å². The van der Waals surface area contributed by atoms with Crippen LogP contribution in [0.2, 0.25) is 0 Å². The van der Waals surface area contributed by atoms with Crippen LogP contribution in [0.5, 0.6) is 0 Å². The average molecular weight is 775 g/mol. The third-order valence-corrected chi connectivity index (χ3v) is 12.9. The average Bonchev–Trinajstić information content (AvgIpc) is 3.65. The van der Waals surface area contributed by atoms with E-state index in [9.17, 15) is 0 Å². The molecule has 4 nitrogen and oxygen atoms in total. The maximum atomic E-state index is 5.48. The second-order valence-corrected chi connectivity index (χ2v) is 16.1. The number of benzene rings is 7. The van der Waals surface area contributed by atoms with E-state index in [1.54, 1.807) is 11.8 Å². The molecule has 0 N–H and O–H groups in total. The lowest BCUT2D eigenvalue weighted by Crippen LogP contribution is -2.30.